The molecule has 0 aromatic carbocycles. The third kappa shape index (κ3) is 21.4. The summed E-state index contributed by atoms with van der Waals surface area (Å²) in [5, 5.41) is 9.76. The fourth-order valence-corrected chi connectivity index (χ4v) is 3.09. The van der Waals surface area contributed by atoms with Gasteiger partial charge in [-0.05, 0) is 51.4 Å². The predicted octanol–water partition coefficient (Wildman–Crippen LogP) is 5.32. The van der Waals surface area contributed by atoms with E-state index in [4.69, 9.17) is 0 Å². The maximum absolute atomic E-state index is 9.76. The number of hydrogen-bond acceptors (Lipinski definition) is 2. The van der Waals surface area contributed by atoms with Crippen molar-refractivity contribution in [2.75, 3.05) is 26.7 Å². The summed E-state index contributed by atoms with van der Waals surface area (Å²) in [4.78, 5) is 9.76. The second kappa shape index (κ2) is 19.8. The zero-order valence-electron chi connectivity index (χ0n) is 18.1. The van der Waals surface area contributed by atoms with Crippen molar-refractivity contribution in [3.63, 3.8) is 0 Å². The summed E-state index contributed by atoms with van der Waals surface area (Å²) < 4.78 is 1.33. The number of unbranched alkanes of at least 4 members (excludes halogenated alkanes) is 8. The van der Waals surface area contributed by atoms with Gasteiger partial charge >= 0.3 is 0 Å². The standard InChI is InChI=1S/C16H36N.C6H12O2/c1-5-8-11-14-17(4,15-12-9-6-2)16-13-10-7-3;1-2-3-4-5-6(7)8/h5-16H2,1-4H3;2-5H2,1H3,(H,7,8)/q+1;/p-1. The van der Waals surface area contributed by atoms with Crippen LogP contribution in [-0.4, -0.2) is 37.1 Å². The largest absolute Gasteiger partial charge is 0.550 e. The van der Waals surface area contributed by atoms with Gasteiger partial charge in [0.15, 0.2) is 0 Å². The van der Waals surface area contributed by atoms with Crippen molar-refractivity contribution in [1.29, 1.82) is 0 Å². The van der Waals surface area contributed by atoms with Crippen molar-refractivity contribution in [2.45, 2.75) is 111 Å². The molecule has 0 unspecified atom stereocenters. The highest BCUT2D eigenvalue weighted by atomic mass is 16.4. The quantitative estimate of drug-likeness (QED) is 0.277. The Morgan fingerprint density at radius 1 is 0.640 bits per heavy atom. The molecule has 0 rings (SSSR count). The highest BCUT2D eigenvalue weighted by Crippen LogP contribution is 2.13. The minimum Gasteiger partial charge on any atom is -0.550 e. The Bertz CT molecular complexity index is 253. The van der Waals surface area contributed by atoms with E-state index < -0.39 is 5.97 Å². The van der Waals surface area contributed by atoms with Gasteiger partial charge in [-0.3, -0.25) is 0 Å². The van der Waals surface area contributed by atoms with E-state index >= 15 is 0 Å². The number of carboxylic acids is 1. The van der Waals surface area contributed by atoms with E-state index in [1.54, 1.807) is 0 Å². The van der Waals surface area contributed by atoms with Crippen LogP contribution >= 0.6 is 0 Å². The topological polar surface area (TPSA) is 40.1 Å². The lowest BCUT2D eigenvalue weighted by Gasteiger charge is -2.35. The van der Waals surface area contributed by atoms with Gasteiger partial charge in [0.2, 0.25) is 0 Å². The van der Waals surface area contributed by atoms with Crippen LogP contribution in [-0.2, 0) is 4.79 Å². The molecule has 0 radical (unpaired) electrons. The first-order valence-electron chi connectivity index (χ1n) is 11.0. The molecule has 25 heavy (non-hydrogen) atoms. The molecule has 0 spiro atoms. The normalized spacial score (nSPS) is 11.1. The van der Waals surface area contributed by atoms with Gasteiger partial charge in [-0.25, -0.2) is 0 Å². The molecule has 0 fully saturated rings. The average molecular weight is 358 g/mol. The molecular formula is C22H47NO2. The number of hydrogen-bond donors (Lipinski definition) is 0. The molecule has 0 heterocycles. The molecule has 0 aliphatic rings. The molecule has 152 valence electrons. The van der Waals surface area contributed by atoms with Crippen molar-refractivity contribution in [3.8, 4) is 0 Å². The van der Waals surface area contributed by atoms with E-state index in [2.05, 4.69) is 27.8 Å². The van der Waals surface area contributed by atoms with Gasteiger partial charge < -0.3 is 14.4 Å². The minimum absolute atomic E-state index is 0.216. The maximum atomic E-state index is 9.76. The molecule has 0 saturated carbocycles. The summed E-state index contributed by atoms with van der Waals surface area (Å²) in [6, 6.07) is 0. The second-order valence-corrected chi connectivity index (χ2v) is 7.74. The van der Waals surface area contributed by atoms with E-state index in [0.29, 0.717) is 0 Å². The molecule has 0 aliphatic heterocycles. The van der Waals surface area contributed by atoms with Gasteiger partial charge in [-0.1, -0.05) is 59.8 Å². The van der Waals surface area contributed by atoms with E-state index in [9.17, 15) is 9.90 Å². The molecule has 0 amide bonds. The van der Waals surface area contributed by atoms with Gasteiger partial charge in [0.05, 0.1) is 26.7 Å². The van der Waals surface area contributed by atoms with Gasteiger partial charge in [0.1, 0.15) is 0 Å². The van der Waals surface area contributed by atoms with Crippen LogP contribution in [0, 0.1) is 0 Å². The summed E-state index contributed by atoms with van der Waals surface area (Å²) in [6.07, 6.45) is 15.6. The Kier molecular flexibility index (Phi) is 21.1. The Labute approximate surface area is 158 Å². The van der Waals surface area contributed by atoms with E-state index in [0.717, 1.165) is 19.3 Å². The molecule has 0 atom stereocenters. The van der Waals surface area contributed by atoms with Gasteiger partial charge in [0, 0.05) is 5.97 Å². The number of nitrogens with zero attached hydrogens (tertiary/aromatic N) is 1. The number of carbonyl (C=O) groups is 1. The van der Waals surface area contributed by atoms with Crippen molar-refractivity contribution >= 4 is 5.97 Å². The lowest BCUT2D eigenvalue weighted by Crippen LogP contribution is -2.46. The second-order valence-electron chi connectivity index (χ2n) is 7.74. The summed E-state index contributed by atoms with van der Waals surface area (Å²) in [5.74, 6) is -0.932. The monoisotopic (exact) mass is 357 g/mol. The van der Waals surface area contributed by atoms with Crippen LogP contribution in [0.1, 0.15) is 111 Å². The van der Waals surface area contributed by atoms with Crippen LogP contribution < -0.4 is 5.11 Å². The first-order valence-corrected chi connectivity index (χ1v) is 11.0. The lowest BCUT2D eigenvalue weighted by molar-refractivity contribution is -0.910. The van der Waals surface area contributed by atoms with Crippen LogP contribution in [0.2, 0.25) is 0 Å². The summed E-state index contributed by atoms with van der Waals surface area (Å²) in [5.41, 5.74) is 0. The average Bonchev–Trinajstić information content (AvgIpc) is 2.56. The van der Waals surface area contributed by atoms with Crippen LogP contribution in [0.25, 0.3) is 0 Å². The molecule has 3 nitrogen and oxygen atoms in total. The number of carbonyl (C=O) groups excluding carboxylic acids is 1. The first kappa shape index (κ1) is 26.7. The first-order chi connectivity index (χ1) is 12.0. The van der Waals surface area contributed by atoms with Gasteiger partial charge in [-0.15, -0.1) is 0 Å². The number of aliphatic carboxylic acids is 1. The van der Waals surface area contributed by atoms with Crippen LogP contribution in [0.3, 0.4) is 0 Å². The van der Waals surface area contributed by atoms with Crippen molar-refractivity contribution in [2.24, 2.45) is 0 Å². The van der Waals surface area contributed by atoms with Crippen LogP contribution in [0.4, 0.5) is 0 Å². The molecule has 0 N–H and O–H groups in total. The SMILES string of the molecule is CCCCCC(=O)[O-].CCCCC[N+](C)(CCCCC)CCCCC. The molecule has 3 heteroatoms. The number of quaternary nitrogens is 1. The lowest BCUT2D eigenvalue weighted by atomic mass is 10.1. The summed E-state index contributed by atoms with van der Waals surface area (Å²) in [6.45, 7) is 13.2. The van der Waals surface area contributed by atoms with E-state index in [-0.39, 0.29) is 6.42 Å². The Hall–Kier alpha value is -0.570. The van der Waals surface area contributed by atoms with Crippen molar-refractivity contribution in [1.82, 2.24) is 0 Å². The smallest absolute Gasteiger partial charge is 0.0784 e. The predicted molar refractivity (Wildman–Crippen MR) is 109 cm³/mol. The Morgan fingerprint density at radius 3 is 1.24 bits per heavy atom. The molecule has 0 aromatic heterocycles. The number of rotatable bonds is 16. The Balaban J connectivity index is 0. The molecule has 0 saturated heterocycles. The minimum atomic E-state index is -0.932. The van der Waals surface area contributed by atoms with Crippen molar-refractivity contribution < 1.29 is 14.4 Å². The summed E-state index contributed by atoms with van der Waals surface area (Å²) in [7, 11) is 2.49. The zero-order valence-corrected chi connectivity index (χ0v) is 18.1. The molecule has 0 aromatic rings. The molecule has 0 aliphatic carbocycles. The van der Waals surface area contributed by atoms with E-state index in [1.807, 2.05) is 6.92 Å². The Morgan fingerprint density at radius 2 is 0.960 bits per heavy atom. The van der Waals surface area contributed by atoms with Crippen LogP contribution in [0.15, 0.2) is 0 Å². The van der Waals surface area contributed by atoms with Gasteiger partial charge in [0.25, 0.3) is 0 Å². The van der Waals surface area contributed by atoms with Gasteiger partial charge in [-0.2, -0.15) is 0 Å². The highest BCUT2D eigenvalue weighted by Gasteiger charge is 2.19. The highest BCUT2D eigenvalue weighted by molar-refractivity contribution is 5.63. The molecular weight excluding hydrogens is 310 g/mol. The zero-order chi connectivity index (χ0) is 19.4. The fraction of sp³-hybridized carbons (Fsp3) is 0.955. The van der Waals surface area contributed by atoms with Crippen molar-refractivity contribution in [3.05, 3.63) is 0 Å². The number of carboxylic acid groups (broad SMARTS) is 1. The van der Waals surface area contributed by atoms with E-state index in [1.165, 1.54) is 81.9 Å². The maximum Gasteiger partial charge on any atom is 0.0784 e. The summed E-state index contributed by atoms with van der Waals surface area (Å²) >= 11 is 0. The molecule has 0 bridgehead atoms. The van der Waals surface area contributed by atoms with Crippen LogP contribution in [0.5, 0.6) is 0 Å². The third-order valence-corrected chi connectivity index (χ3v) is 4.89. The fourth-order valence-electron chi connectivity index (χ4n) is 3.09. The third-order valence-electron chi connectivity index (χ3n) is 4.89.